The van der Waals surface area contributed by atoms with Gasteiger partial charge < -0.3 is 5.32 Å². The molecule has 1 aromatic rings. The fourth-order valence-electron chi connectivity index (χ4n) is 2.22. The van der Waals surface area contributed by atoms with Gasteiger partial charge in [0.15, 0.2) is 0 Å². The number of hydrogen-bond acceptors (Lipinski definition) is 2. The summed E-state index contributed by atoms with van der Waals surface area (Å²) in [7, 11) is 0. The molecule has 0 bridgehead atoms. The molecule has 1 aromatic heterocycles. The zero-order valence-electron chi connectivity index (χ0n) is 9.45. The molecule has 2 unspecified atom stereocenters. The summed E-state index contributed by atoms with van der Waals surface area (Å²) in [6.07, 6.45) is 9.00. The molecule has 0 amide bonds. The molecule has 15 heavy (non-hydrogen) atoms. The van der Waals surface area contributed by atoms with Gasteiger partial charge in [0.25, 0.3) is 0 Å². The van der Waals surface area contributed by atoms with Gasteiger partial charge in [0, 0.05) is 18.4 Å². The second kappa shape index (κ2) is 5.26. The van der Waals surface area contributed by atoms with Crippen LogP contribution in [0.3, 0.4) is 0 Å². The lowest BCUT2D eigenvalue weighted by atomic mass is 9.90. The average molecular weight is 204 g/mol. The van der Waals surface area contributed by atoms with Crippen LogP contribution in [0.2, 0.25) is 0 Å². The highest BCUT2D eigenvalue weighted by Gasteiger charge is 2.16. The van der Waals surface area contributed by atoms with Crippen LogP contribution in [0, 0.1) is 5.92 Å². The van der Waals surface area contributed by atoms with Crippen molar-refractivity contribution in [2.45, 2.75) is 38.6 Å². The summed E-state index contributed by atoms with van der Waals surface area (Å²) in [4.78, 5) is 4.04. The molecular weight excluding hydrogens is 184 g/mol. The van der Waals surface area contributed by atoms with Gasteiger partial charge in [0.2, 0.25) is 0 Å². The van der Waals surface area contributed by atoms with Gasteiger partial charge >= 0.3 is 0 Å². The minimum Gasteiger partial charge on any atom is -0.314 e. The monoisotopic (exact) mass is 204 g/mol. The minimum absolute atomic E-state index is 0.724. The molecule has 1 aliphatic rings. The van der Waals surface area contributed by atoms with E-state index in [1.165, 1.54) is 37.8 Å². The van der Waals surface area contributed by atoms with Gasteiger partial charge in [-0.15, -0.1) is 0 Å². The van der Waals surface area contributed by atoms with Crippen LogP contribution < -0.4 is 5.32 Å². The minimum atomic E-state index is 0.724. The van der Waals surface area contributed by atoms with Crippen molar-refractivity contribution in [3.63, 3.8) is 0 Å². The van der Waals surface area contributed by atoms with Crippen molar-refractivity contribution in [3.05, 3.63) is 30.1 Å². The summed E-state index contributed by atoms with van der Waals surface area (Å²) in [6, 6.07) is 4.97. The Morgan fingerprint density at radius 2 is 2.13 bits per heavy atom. The Hall–Kier alpha value is -0.890. The summed E-state index contributed by atoms with van der Waals surface area (Å²) >= 11 is 0. The molecule has 0 aliphatic carbocycles. The highest BCUT2D eigenvalue weighted by molar-refractivity contribution is 5.09. The van der Waals surface area contributed by atoms with E-state index < -0.39 is 0 Å². The van der Waals surface area contributed by atoms with Crippen LogP contribution in [0.1, 0.15) is 31.7 Å². The number of piperidine rings is 1. The van der Waals surface area contributed by atoms with E-state index in [0.29, 0.717) is 0 Å². The Morgan fingerprint density at radius 3 is 2.80 bits per heavy atom. The zero-order valence-corrected chi connectivity index (χ0v) is 9.45. The van der Waals surface area contributed by atoms with Crippen molar-refractivity contribution < 1.29 is 0 Å². The second-order valence-corrected chi connectivity index (χ2v) is 4.65. The third-order valence-electron chi connectivity index (χ3n) is 3.35. The van der Waals surface area contributed by atoms with E-state index in [-0.39, 0.29) is 0 Å². The highest BCUT2D eigenvalue weighted by Crippen LogP contribution is 2.19. The SMILES string of the molecule is CC1CCC(CCc2ccncc2)CN1. The molecule has 0 spiro atoms. The van der Waals surface area contributed by atoms with Crippen LogP contribution in [-0.2, 0) is 6.42 Å². The summed E-state index contributed by atoms with van der Waals surface area (Å²) in [6.45, 7) is 3.48. The second-order valence-electron chi connectivity index (χ2n) is 4.65. The topological polar surface area (TPSA) is 24.9 Å². The smallest absolute Gasteiger partial charge is 0.0270 e. The predicted molar refractivity (Wildman–Crippen MR) is 62.7 cm³/mol. The third-order valence-corrected chi connectivity index (χ3v) is 3.35. The zero-order chi connectivity index (χ0) is 10.5. The van der Waals surface area contributed by atoms with E-state index in [4.69, 9.17) is 0 Å². The Morgan fingerprint density at radius 1 is 1.33 bits per heavy atom. The number of nitrogens with one attached hydrogen (secondary N) is 1. The Labute approximate surface area is 92.1 Å². The summed E-state index contributed by atoms with van der Waals surface area (Å²) in [5.41, 5.74) is 1.42. The molecule has 1 fully saturated rings. The van der Waals surface area contributed by atoms with Gasteiger partial charge in [0.05, 0.1) is 0 Å². The Balaban J connectivity index is 1.74. The molecule has 0 saturated carbocycles. The number of pyridine rings is 1. The predicted octanol–water partition coefficient (Wildman–Crippen LogP) is 2.40. The van der Waals surface area contributed by atoms with E-state index >= 15 is 0 Å². The maximum atomic E-state index is 4.04. The van der Waals surface area contributed by atoms with Gasteiger partial charge in [0.1, 0.15) is 0 Å². The molecule has 2 heterocycles. The van der Waals surface area contributed by atoms with Crippen molar-refractivity contribution in [1.82, 2.24) is 10.3 Å². The molecule has 1 N–H and O–H groups in total. The highest BCUT2D eigenvalue weighted by atomic mass is 14.9. The van der Waals surface area contributed by atoms with E-state index in [1.54, 1.807) is 0 Å². The summed E-state index contributed by atoms with van der Waals surface area (Å²) in [5, 5.41) is 3.56. The van der Waals surface area contributed by atoms with Crippen molar-refractivity contribution in [1.29, 1.82) is 0 Å². The summed E-state index contributed by atoms with van der Waals surface area (Å²) in [5.74, 6) is 0.870. The van der Waals surface area contributed by atoms with Gasteiger partial charge in [-0.2, -0.15) is 0 Å². The Kier molecular flexibility index (Phi) is 3.73. The number of nitrogens with zero attached hydrogens (tertiary/aromatic N) is 1. The van der Waals surface area contributed by atoms with Gasteiger partial charge in [-0.3, -0.25) is 4.98 Å². The first-order chi connectivity index (χ1) is 7.34. The first-order valence-corrected chi connectivity index (χ1v) is 5.97. The molecule has 2 heteroatoms. The van der Waals surface area contributed by atoms with E-state index in [9.17, 15) is 0 Å². The van der Waals surface area contributed by atoms with Crippen LogP contribution >= 0.6 is 0 Å². The molecule has 82 valence electrons. The lowest BCUT2D eigenvalue weighted by Crippen LogP contribution is -2.36. The van der Waals surface area contributed by atoms with Gasteiger partial charge in [-0.05, 0) is 62.8 Å². The normalized spacial score (nSPS) is 26.5. The largest absolute Gasteiger partial charge is 0.314 e. The average Bonchev–Trinajstić information content (AvgIpc) is 2.30. The van der Waals surface area contributed by atoms with Crippen molar-refractivity contribution in [3.8, 4) is 0 Å². The summed E-state index contributed by atoms with van der Waals surface area (Å²) < 4.78 is 0. The van der Waals surface area contributed by atoms with Crippen LogP contribution in [0.25, 0.3) is 0 Å². The number of aromatic nitrogens is 1. The van der Waals surface area contributed by atoms with Crippen molar-refractivity contribution in [2.75, 3.05) is 6.54 Å². The van der Waals surface area contributed by atoms with Gasteiger partial charge in [-0.1, -0.05) is 0 Å². The van der Waals surface area contributed by atoms with Crippen molar-refractivity contribution >= 4 is 0 Å². The standard InChI is InChI=1S/C13H20N2/c1-11-2-3-13(10-15-11)5-4-12-6-8-14-9-7-12/h6-9,11,13,15H,2-5,10H2,1H3. The maximum Gasteiger partial charge on any atom is 0.0270 e. The van der Waals surface area contributed by atoms with E-state index in [2.05, 4.69) is 29.4 Å². The van der Waals surface area contributed by atoms with E-state index in [0.717, 1.165) is 12.0 Å². The van der Waals surface area contributed by atoms with Crippen LogP contribution in [0.4, 0.5) is 0 Å². The molecule has 0 aromatic carbocycles. The molecule has 2 rings (SSSR count). The fraction of sp³-hybridized carbons (Fsp3) is 0.615. The number of aryl methyl sites for hydroxylation is 1. The fourth-order valence-corrected chi connectivity index (χ4v) is 2.22. The molecule has 1 aliphatic heterocycles. The number of rotatable bonds is 3. The molecule has 2 atom stereocenters. The van der Waals surface area contributed by atoms with Crippen LogP contribution in [0.5, 0.6) is 0 Å². The van der Waals surface area contributed by atoms with Crippen LogP contribution in [-0.4, -0.2) is 17.6 Å². The first-order valence-electron chi connectivity index (χ1n) is 5.97. The lowest BCUT2D eigenvalue weighted by molar-refractivity contribution is 0.309. The van der Waals surface area contributed by atoms with Crippen LogP contribution in [0.15, 0.2) is 24.5 Å². The molecule has 0 radical (unpaired) electrons. The number of hydrogen-bond donors (Lipinski definition) is 1. The quantitative estimate of drug-likeness (QED) is 0.818. The molecule has 2 nitrogen and oxygen atoms in total. The van der Waals surface area contributed by atoms with Crippen molar-refractivity contribution in [2.24, 2.45) is 5.92 Å². The lowest BCUT2D eigenvalue weighted by Gasteiger charge is -2.27. The Bertz CT molecular complexity index is 276. The molecule has 1 saturated heterocycles. The van der Waals surface area contributed by atoms with E-state index in [1.807, 2.05) is 12.4 Å². The maximum absolute atomic E-state index is 4.04. The first kappa shape index (κ1) is 10.6. The molecular formula is C13H20N2. The van der Waals surface area contributed by atoms with Gasteiger partial charge in [-0.25, -0.2) is 0 Å². The third kappa shape index (κ3) is 3.31.